The van der Waals surface area contributed by atoms with E-state index in [2.05, 4.69) is 44.6 Å². The van der Waals surface area contributed by atoms with Crippen LogP contribution in [0, 0.1) is 19.3 Å². The Kier molecular flexibility index (Phi) is 12.5. The van der Waals surface area contributed by atoms with Crippen molar-refractivity contribution >= 4 is 23.4 Å². The van der Waals surface area contributed by atoms with Crippen molar-refractivity contribution < 1.29 is 14.6 Å². The molecule has 33 heavy (non-hydrogen) atoms. The molecule has 1 aromatic carbocycles. The van der Waals surface area contributed by atoms with Gasteiger partial charge in [0.1, 0.15) is 18.5 Å². The van der Waals surface area contributed by atoms with E-state index in [0.717, 1.165) is 36.4 Å². The SMILES string of the molecule is C#CCOc1nc(Nc2cccc(OCC(O)CNCCCS/C=C\CC=C)c2)ncc1C. The van der Waals surface area contributed by atoms with Gasteiger partial charge in [-0.15, -0.1) is 24.8 Å². The number of aliphatic hydroxyl groups is 1. The van der Waals surface area contributed by atoms with Crippen molar-refractivity contribution in [3.05, 3.63) is 60.2 Å². The summed E-state index contributed by atoms with van der Waals surface area (Å²) in [5.74, 6) is 4.93. The molecule has 1 unspecified atom stereocenters. The van der Waals surface area contributed by atoms with Gasteiger partial charge in [-0.2, -0.15) is 4.98 Å². The van der Waals surface area contributed by atoms with Gasteiger partial charge < -0.3 is 25.2 Å². The molecule has 1 atom stereocenters. The molecule has 176 valence electrons. The van der Waals surface area contributed by atoms with Gasteiger partial charge >= 0.3 is 0 Å². The Labute approximate surface area is 200 Å². The normalized spacial score (nSPS) is 11.7. The number of allylic oxidation sites excluding steroid dienone is 2. The van der Waals surface area contributed by atoms with Crippen LogP contribution in [0.25, 0.3) is 0 Å². The molecule has 7 nitrogen and oxygen atoms in total. The van der Waals surface area contributed by atoms with Crippen LogP contribution in [0.4, 0.5) is 11.6 Å². The first kappa shape index (κ1) is 26.3. The van der Waals surface area contributed by atoms with Crippen LogP contribution in [0.3, 0.4) is 0 Å². The Bertz CT molecular complexity index is 930. The number of aromatic nitrogens is 2. The predicted octanol–water partition coefficient (Wildman–Crippen LogP) is 4.08. The van der Waals surface area contributed by atoms with Gasteiger partial charge in [-0.3, -0.25) is 0 Å². The standard InChI is InChI=1S/C25H32N4O3S/c1-4-6-7-14-33-15-9-12-26-18-22(30)19-32-23-11-8-10-21(16-23)28-25-27-17-20(3)24(29-25)31-13-5-2/h2,4,7-8,10-11,14,16-17,22,26,30H,1,6,9,12-13,15,18-19H2,3H3,(H,27,28,29)/b14-7-. The number of ether oxygens (including phenoxy) is 2. The highest BCUT2D eigenvalue weighted by molar-refractivity contribution is 8.02. The van der Waals surface area contributed by atoms with Crippen LogP contribution < -0.4 is 20.1 Å². The van der Waals surface area contributed by atoms with Crippen LogP contribution in [0.1, 0.15) is 18.4 Å². The number of nitrogens with one attached hydrogen (secondary N) is 2. The van der Waals surface area contributed by atoms with Gasteiger partial charge in [0, 0.05) is 30.1 Å². The number of aliphatic hydroxyl groups excluding tert-OH is 1. The molecular weight excluding hydrogens is 436 g/mol. The third kappa shape index (κ3) is 10.9. The number of thioether (sulfide) groups is 1. The molecule has 0 fully saturated rings. The van der Waals surface area contributed by atoms with E-state index >= 15 is 0 Å². The van der Waals surface area contributed by atoms with Gasteiger partial charge in [-0.05, 0) is 49.6 Å². The van der Waals surface area contributed by atoms with Gasteiger partial charge in [0.2, 0.25) is 11.8 Å². The molecule has 0 saturated heterocycles. The number of rotatable bonds is 16. The lowest BCUT2D eigenvalue weighted by Gasteiger charge is -2.14. The van der Waals surface area contributed by atoms with Crippen molar-refractivity contribution in [1.29, 1.82) is 0 Å². The summed E-state index contributed by atoms with van der Waals surface area (Å²) in [5.41, 5.74) is 1.56. The molecule has 0 aliphatic carbocycles. The van der Waals surface area contributed by atoms with Crippen molar-refractivity contribution in [1.82, 2.24) is 15.3 Å². The van der Waals surface area contributed by atoms with E-state index in [4.69, 9.17) is 15.9 Å². The second-order valence-electron chi connectivity index (χ2n) is 7.12. The molecule has 1 heterocycles. The zero-order valence-corrected chi connectivity index (χ0v) is 19.8. The molecule has 0 radical (unpaired) electrons. The molecule has 3 N–H and O–H groups in total. The highest BCUT2D eigenvalue weighted by Gasteiger charge is 2.08. The minimum atomic E-state index is -0.599. The average molecular weight is 469 g/mol. The molecule has 2 aromatic rings. The summed E-state index contributed by atoms with van der Waals surface area (Å²) in [6, 6.07) is 7.39. The molecule has 0 aliphatic rings. The third-order valence-corrected chi connectivity index (χ3v) is 5.15. The quantitative estimate of drug-likeness (QED) is 0.193. The molecular formula is C25H32N4O3S. The number of nitrogens with zero attached hydrogens (tertiary/aromatic N) is 2. The molecule has 8 heteroatoms. The van der Waals surface area contributed by atoms with Crippen LogP contribution in [-0.4, -0.2) is 53.2 Å². The Morgan fingerprint density at radius 3 is 3.06 bits per heavy atom. The topological polar surface area (TPSA) is 88.5 Å². The van der Waals surface area contributed by atoms with E-state index in [1.165, 1.54) is 0 Å². The van der Waals surface area contributed by atoms with Crippen molar-refractivity contribution in [2.75, 3.05) is 37.4 Å². The van der Waals surface area contributed by atoms with Crippen LogP contribution in [0.5, 0.6) is 11.6 Å². The smallest absolute Gasteiger partial charge is 0.230 e. The average Bonchev–Trinajstić information content (AvgIpc) is 2.82. The molecule has 2 rings (SSSR count). The van der Waals surface area contributed by atoms with Crippen molar-refractivity contribution in [3.63, 3.8) is 0 Å². The Morgan fingerprint density at radius 1 is 1.36 bits per heavy atom. The summed E-state index contributed by atoms with van der Waals surface area (Å²) in [5, 5.41) is 18.6. The van der Waals surface area contributed by atoms with Crippen LogP contribution >= 0.6 is 11.8 Å². The summed E-state index contributed by atoms with van der Waals surface area (Å²) < 4.78 is 11.2. The van der Waals surface area contributed by atoms with Crippen LogP contribution in [-0.2, 0) is 0 Å². The lowest BCUT2D eigenvalue weighted by Crippen LogP contribution is -2.32. The first-order chi connectivity index (χ1) is 16.1. The first-order valence-corrected chi connectivity index (χ1v) is 11.8. The van der Waals surface area contributed by atoms with Crippen molar-refractivity contribution in [2.24, 2.45) is 0 Å². The minimum absolute atomic E-state index is 0.143. The molecule has 1 aromatic heterocycles. The minimum Gasteiger partial charge on any atom is -0.491 e. The van der Waals surface area contributed by atoms with Crippen LogP contribution in [0.2, 0.25) is 0 Å². The Morgan fingerprint density at radius 2 is 2.24 bits per heavy atom. The summed E-state index contributed by atoms with van der Waals surface area (Å²) in [4.78, 5) is 8.61. The maximum atomic E-state index is 10.2. The fraction of sp³-hybridized carbons (Fsp3) is 0.360. The predicted molar refractivity (Wildman–Crippen MR) is 136 cm³/mol. The van der Waals surface area contributed by atoms with E-state index in [9.17, 15) is 5.11 Å². The summed E-state index contributed by atoms with van der Waals surface area (Å²) in [7, 11) is 0. The highest BCUT2D eigenvalue weighted by atomic mass is 32.2. The lowest BCUT2D eigenvalue weighted by atomic mass is 10.3. The lowest BCUT2D eigenvalue weighted by molar-refractivity contribution is 0.106. The molecule has 0 saturated carbocycles. The number of benzene rings is 1. The van der Waals surface area contributed by atoms with Crippen molar-refractivity contribution in [3.8, 4) is 24.0 Å². The molecule has 0 bridgehead atoms. The summed E-state index contributed by atoms with van der Waals surface area (Å²) >= 11 is 1.78. The van der Waals surface area contributed by atoms with E-state index in [1.54, 1.807) is 18.0 Å². The van der Waals surface area contributed by atoms with E-state index in [0.29, 0.717) is 24.1 Å². The zero-order valence-electron chi connectivity index (χ0n) is 19.0. The fourth-order valence-corrected chi connectivity index (χ4v) is 3.32. The number of anilines is 2. The van der Waals surface area contributed by atoms with E-state index in [-0.39, 0.29) is 13.2 Å². The number of hydrogen-bond acceptors (Lipinski definition) is 8. The molecule has 0 amide bonds. The zero-order chi connectivity index (χ0) is 23.7. The number of aryl methyl sites for hydroxylation is 1. The largest absolute Gasteiger partial charge is 0.491 e. The van der Waals surface area contributed by atoms with Gasteiger partial charge in [0.05, 0.1) is 0 Å². The van der Waals surface area contributed by atoms with E-state index in [1.807, 2.05) is 37.3 Å². The fourth-order valence-electron chi connectivity index (χ4n) is 2.62. The summed E-state index contributed by atoms with van der Waals surface area (Å²) in [6.07, 6.45) is 12.2. The second-order valence-corrected chi connectivity index (χ2v) is 8.13. The van der Waals surface area contributed by atoms with Gasteiger partial charge in [-0.25, -0.2) is 4.98 Å². The Balaban J connectivity index is 1.72. The second kappa shape index (κ2) is 15.8. The summed E-state index contributed by atoms with van der Waals surface area (Å²) in [6.45, 7) is 7.20. The number of terminal acetylenes is 1. The maximum absolute atomic E-state index is 10.2. The van der Waals surface area contributed by atoms with E-state index < -0.39 is 6.10 Å². The van der Waals surface area contributed by atoms with Gasteiger partial charge in [0.15, 0.2) is 6.61 Å². The maximum Gasteiger partial charge on any atom is 0.230 e. The van der Waals surface area contributed by atoms with Crippen molar-refractivity contribution in [2.45, 2.75) is 25.9 Å². The van der Waals surface area contributed by atoms with Gasteiger partial charge in [-0.1, -0.05) is 24.1 Å². The van der Waals surface area contributed by atoms with Gasteiger partial charge in [0.25, 0.3) is 0 Å². The highest BCUT2D eigenvalue weighted by Crippen LogP contribution is 2.22. The molecule has 0 aliphatic heterocycles. The third-order valence-electron chi connectivity index (χ3n) is 4.24. The first-order valence-electron chi connectivity index (χ1n) is 10.8. The van der Waals surface area contributed by atoms with Crippen LogP contribution in [0.15, 0.2) is 54.6 Å². The number of hydrogen-bond donors (Lipinski definition) is 3. The molecule has 0 spiro atoms. The monoisotopic (exact) mass is 468 g/mol. The Hall–Kier alpha value is -2.99.